The number of benzene rings is 1. The summed E-state index contributed by atoms with van der Waals surface area (Å²) in [5, 5.41) is 3.21. The molecule has 0 radical (unpaired) electrons. The predicted molar refractivity (Wildman–Crippen MR) is 80.7 cm³/mol. The first-order valence-corrected chi connectivity index (χ1v) is 8.90. The molecule has 1 aromatic heterocycles. The Labute approximate surface area is 149 Å². The van der Waals surface area contributed by atoms with E-state index in [4.69, 9.17) is 0 Å². The normalized spacial score (nSPS) is 13.3. The van der Waals surface area contributed by atoms with Crippen LogP contribution in [0, 0.1) is 0 Å². The van der Waals surface area contributed by atoms with Gasteiger partial charge in [-0.3, -0.25) is 0 Å². The number of aromatic nitrogens is 2. The molecule has 0 atom stereocenters. The Balaban J connectivity index is 2.06. The molecule has 0 saturated heterocycles. The van der Waals surface area contributed by atoms with Crippen LogP contribution in [0.25, 0.3) is 11.4 Å². The van der Waals surface area contributed by atoms with Gasteiger partial charge in [-0.15, -0.1) is 0 Å². The largest absolute Gasteiger partial charge is 0.471 e. The second-order valence-electron chi connectivity index (χ2n) is 5.56. The van der Waals surface area contributed by atoms with Gasteiger partial charge in [-0.2, -0.15) is 31.3 Å². The summed E-state index contributed by atoms with van der Waals surface area (Å²) in [5.74, 6) is -2.88. The van der Waals surface area contributed by atoms with Crippen molar-refractivity contribution in [3.63, 3.8) is 0 Å². The van der Waals surface area contributed by atoms with Crippen LogP contribution >= 0.6 is 0 Å². The Morgan fingerprint density at radius 3 is 2.15 bits per heavy atom. The zero-order chi connectivity index (χ0) is 20.5. The van der Waals surface area contributed by atoms with Gasteiger partial charge >= 0.3 is 18.2 Å². The Morgan fingerprint density at radius 2 is 1.67 bits per heavy atom. The van der Waals surface area contributed by atoms with Crippen molar-refractivity contribution >= 4 is 10.0 Å². The SMILES string of the molecule is CN(Cc1ccc(-c2noc(C(F)(F)F)n2)cc1)S(=O)(=O)CCC(F)(F)F. The molecule has 0 aliphatic rings. The van der Waals surface area contributed by atoms with Gasteiger partial charge in [-0.1, -0.05) is 29.4 Å². The minimum absolute atomic E-state index is 0.195. The van der Waals surface area contributed by atoms with Crippen molar-refractivity contribution in [2.45, 2.75) is 25.3 Å². The van der Waals surface area contributed by atoms with Gasteiger partial charge in [0, 0.05) is 19.2 Å². The standard InChI is InChI=1S/C14H13F6N3O3S/c1-23(27(24,25)7-6-13(15,16)17)8-9-2-4-10(5-3-9)11-21-12(26-22-11)14(18,19)20/h2-5H,6-8H2,1H3. The molecule has 2 rings (SSSR count). The van der Waals surface area contributed by atoms with Crippen LogP contribution < -0.4 is 0 Å². The zero-order valence-electron chi connectivity index (χ0n) is 13.7. The first-order chi connectivity index (χ1) is 12.3. The molecule has 1 heterocycles. The number of hydrogen-bond acceptors (Lipinski definition) is 5. The molecule has 0 bridgehead atoms. The number of sulfonamides is 1. The van der Waals surface area contributed by atoms with E-state index >= 15 is 0 Å². The van der Waals surface area contributed by atoms with Crippen LogP contribution in [0.15, 0.2) is 28.8 Å². The Hall–Kier alpha value is -2.15. The summed E-state index contributed by atoms with van der Waals surface area (Å²) >= 11 is 0. The van der Waals surface area contributed by atoms with Crippen molar-refractivity contribution in [3.05, 3.63) is 35.7 Å². The molecule has 0 spiro atoms. The summed E-state index contributed by atoms with van der Waals surface area (Å²) in [6, 6.07) is 5.48. The van der Waals surface area contributed by atoms with Gasteiger partial charge < -0.3 is 4.52 Å². The van der Waals surface area contributed by atoms with Crippen molar-refractivity contribution in [3.8, 4) is 11.4 Å². The second-order valence-corrected chi connectivity index (χ2v) is 7.75. The van der Waals surface area contributed by atoms with E-state index in [1.165, 1.54) is 24.3 Å². The molecule has 6 nitrogen and oxygen atoms in total. The number of halogens is 6. The number of nitrogens with zero attached hydrogens (tertiary/aromatic N) is 3. The van der Waals surface area contributed by atoms with E-state index in [2.05, 4.69) is 14.7 Å². The number of hydrogen-bond donors (Lipinski definition) is 0. The van der Waals surface area contributed by atoms with E-state index in [-0.39, 0.29) is 17.9 Å². The highest BCUT2D eigenvalue weighted by Crippen LogP contribution is 2.29. The highest BCUT2D eigenvalue weighted by molar-refractivity contribution is 7.89. The van der Waals surface area contributed by atoms with E-state index < -0.39 is 40.4 Å². The van der Waals surface area contributed by atoms with Crippen molar-refractivity contribution < 1.29 is 39.3 Å². The molecule has 13 heteroatoms. The first-order valence-electron chi connectivity index (χ1n) is 7.29. The first kappa shape index (κ1) is 21.2. The Morgan fingerprint density at radius 1 is 1.07 bits per heavy atom. The lowest BCUT2D eigenvalue weighted by Gasteiger charge is -2.18. The average Bonchev–Trinajstić information content (AvgIpc) is 3.03. The zero-order valence-corrected chi connectivity index (χ0v) is 14.5. The van der Waals surface area contributed by atoms with Crippen LogP contribution in [-0.4, -0.2) is 41.8 Å². The van der Waals surface area contributed by atoms with Crippen molar-refractivity contribution in [2.24, 2.45) is 0 Å². The number of alkyl halides is 6. The highest BCUT2D eigenvalue weighted by atomic mass is 32.2. The van der Waals surface area contributed by atoms with Crippen LogP contribution in [0.4, 0.5) is 26.3 Å². The van der Waals surface area contributed by atoms with Crippen molar-refractivity contribution in [2.75, 3.05) is 12.8 Å². The van der Waals surface area contributed by atoms with E-state index in [0.29, 0.717) is 5.56 Å². The summed E-state index contributed by atoms with van der Waals surface area (Å²) in [6.45, 7) is -0.208. The third-order valence-electron chi connectivity index (χ3n) is 3.40. The van der Waals surface area contributed by atoms with E-state index in [9.17, 15) is 34.8 Å². The molecule has 0 aliphatic carbocycles. The average molecular weight is 417 g/mol. The van der Waals surface area contributed by atoms with Gasteiger partial charge in [0.1, 0.15) is 0 Å². The summed E-state index contributed by atoms with van der Waals surface area (Å²) < 4.78 is 102. The van der Waals surface area contributed by atoms with Gasteiger partial charge in [0.25, 0.3) is 0 Å². The van der Waals surface area contributed by atoms with Crippen LogP contribution in [-0.2, 0) is 22.7 Å². The van der Waals surface area contributed by atoms with Crippen LogP contribution in [0.2, 0.25) is 0 Å². The molecule has 0 amide bonds. The lowest BCUT2D eigenvalue weighted by Crippen LogP contribution is -2.30. The van der Waals surface area contributed by atoms with Crippen molar-refractivity contribution in [1.29, 1.82) is 0 Å². The second kappa shape index (κ2) is 7.46. The molecule has 0 aliphatic heterocycles. The van der Waals surface area contributed by atoms with Crippen molar-refractivity contribution in [1.82, 2.24) is 14.4 Å². The summed E-state index contributed by atoms with van der Waals surface area (Å²) in [4.78, 5) is 3.21. The fraction of sp³-hybridized carbons (Fsp3) is 0.429. The van der Waals surface area contributed by atoms with Crippen LogP contribution in [0.3, 0.4) is 0 Å². The number of rotatable bonds is 6. The molecule has 2 aromatic rings. The molecule has 0 N–H and O–H groups in total. The molecule has 27 heavy (non-hydrogen) atoms. The lowest BCUT2D eigenvalue weighted by atomic mass is 10.1. The topological polar surface area (TPSA) is 76.3 Å². The van der Waals surface area contributed by atoms with E-state index in [0.717, 1.165) is 11.4 Å². The highest BCUT2D eigenvalue weighted by Gasteiger charge is 2.38. The Bertz CT molecular complexity index is 875. The van der Waals surface area contributed by atoms with Gasteiger partial charge in [-0.05, 0) is 5.56 Å². The minimum Gasteiger partial charge on any atom is -0.329 e. The third-order valence-corrected chi connectivity index (χ3v) is 5.20. The lowest BCUT2D eigenvalue weighted by molar-refractivity contribution is -0.159. The molecule has 1 aromatic carbocycles. The van der Waals surface area contributed by atoms with Gasteiger partial charge in [-0.25, -0.2) is 12.7 Å². The maximum Gasteiger partial charge on any atom is 0.471 e. The molecule has 0 unspecified atom stereocenters. The molecule has 150 valence electrons. The minimum atomic E-state index is -4.78. The fourth-order valence-corrected chi connectivity index (χ4v) is 3.12. The smallest absolute Gasteiger partial charge is 0.329 e. The van der Waals surface area contributed by atoms with Gasteiger partial charge in [0.05, 0.1) is 12.2 Å². The molecule has 0 fully saturated rings. The summed E-state index contributed by atoms with van der Waals surface area (Å²) in [5.41, 5.74) is 0.608. The molecular formula is C14H13F6N3O3S. The predicted octanol–water partition coefficient (Wildman–Crippen LogP) is 3.47. The summed E-state index contributed by atoms with van der Waals surface area (Å²) in [7, 11) is -2.99. The fourth-order valence-electron chi connectivity index (χ4n) is 1.97. The van der Waals surface area contributed by atoms with Crippen LogP contribution in [0.1, 0.15) is 17.9 Å². The summed E-state index contributed by atoms with van der Waals surface area (Å²) in [6.07, 6.45) is -10.8. The van der Waals surface area contributed by atoms with Gasteiger partial charge in [0.15, 0.2) is 0 Å². The van der Waals surface area contributed by atoms with Gasteiger partial charge in [0.2, 0.25) is 15.8 Å². The molecular weight excluding hydrogens is 404 g/mol. The maximum atomic E-state index is 12.4. The molecule has 0 saturated carbocycles. The maximum absolute atomic E-state index is 12.4. The third kappa shape index (κ3) is 5.92. The quantitative estimate of drug-likeness (QED) is 0.673. The van der Waals surface area contributed by atoms with E-state index in [1.807, 2.05) is 0 Å². The van der Waals surface area contributed by atoms with Crippen LogP contribution in [0.5, 0.6) is 0 Å². The monoisotopic (exact) mass is 417 g/mol. The van der Waals surface area contributed by atoms with E-state index in [1.54, 1.807) is 0 Å². The Kier molecular flexibility index (Phi) is 5.85.